The lowest BCUT2D eigenvalue weighted by Gasteiger charge is -2.11. The van der Waals surface area contributed by atoms with Crippen molar-refractivity contribution in [2.45, 2.75) is 20.7 Å². The van der Waals surface area contributed by atoms with Crippen LogP contribution in [0.1, 0.15) is 16.1 Å². The maximum atomic E-state index is 14.0. The van der Waals surface area contributed by atoms with Crippen LogP contribution in [0.2, 0.25) is 0 Å². The molecule has 32 heavy (non-hydrogen) atoms. The molecule has 0 saturated carbocycles. The summed E-state index contributed by atoms with van der Waals surface area (Å²) in [6, 6.07) is 21.7. The Kier molecular flexibility index (Phi) is 7.14. The van der Waals surface area contributed by atoms with Crippen LogP contribution in [-0.4, -0.2) is 15.9 Å². The van der Waals surface area contributed by atoms with Gasteiger partial charge < -0.3 is 5.32 Å². The Morgan fingerprint density at radius 2 is 1.62 bits per heavy atom. The van der Waals surface area contributed by atoms with Crippen molar-refractivity contribution >= 4 is 35.1 Å². The molecule has 0 bridgehead atoms. The van der Waals surface area contributed by atoms with Crippen molar-refractivity contribution in [3.05, 3.63) is 108 Å². The summed E-state index contributed by atoms with van der Waals surface area (Å²) < 4.78 is 27.2. The van der Waals surface area contributed by atoms with Gasteiger partial charge in [-0.05, 0) is 42.0 Å². The van der Waals surface area contributed by atoms with Crippen molar-refractivity contribution in [2.75, 3.05) is 5.32 Å². The largest absolute Gasteiger partial charge is 0.318 e. The lowest BCUT2D eigenvalue weighted by molar-refractivity contribution is 0.101. The summed E-state index contributed by atoms with van der Waals surface area (Å²) in [5.41, 5.74) is 1.13. The van der Waals surface area contributed by atoms with Gasteiger partial charge in [-0.1, -0.05) is 66.0 Å². The minimum Gasteiger partial charge on any atom is -0.318 e. The van der Waals surface area contributed by atoms with Gasteiger partial charge in [0.25, 0.3) is 5.91 Å². The minimum absolute atomic E-state index is 0.0762. The molecule has 3 aromatic carbocycles. The van der Waals surface area contributed by atoms with Crippen molar-refractivity contribution in [3.8, 4) is 0 Å². The van der Waals surface area contributed by atoms with Crippen LogP contribution in [-0.2, 0) is 5.75 Å². The van der Waals surface area contributed by atoms with Crippen molar-refractivity contribution in [2.24, 2.45) is 0 Å². The number of benzene rings is 3. The van der Waals surface area contributed by atoms with Gasteiger partial charge >= 0.3 is 0 Å². The molecule has 0 fully saturated rings. The average molecular weight is 466 g/mol. The molecule has 0 unspecified atom stereocenters. The SMILES string of the molecule is O=C(Nc1ccccc1F)c1nc(SCc2ccc(F)cc2)ncc1Sc1ccccc1. The fraction of sp³-hybridized carbons (Fsp3) is 0.0417. The molecule has 1 aromatic heterocycles. The fourth-order valence-corrected chi connectivity index (χ4v) is 4.41. The maximum absolute atomic E-state index is 14.0. The number of carbonyl (C=O) groups is 1. The molecule has 0 radical (unpaired) electrons. The number of hydrogen-bond donors (Lipinski definition) is 1. The average Bonchev–Trinajstić information content (AvgIpc) is 2.81. The Morgan fingerprint density at radius 3 is 2.38 bits per heavy atom. The highest BCUT2D eigenvalue weighted by molar-refractivity contribution is 7.99. The summed E-state index contributed by atoms with van der Waals surface area (Å²) in [6.45, 7) is 0. The number of aromatic nitrogens is 2. The zero-order valence-corrected chi connectivity index (χ0v) is 18.3. The van der Waals surface area contributed by atoms with Crippen LogP contribution in [0.25, 0.3) is 0 Å². The molecule has 1 heterocycles. The van der Waals surface area contributed by atoms with Crippen molar-refractivity contribution < 1.29 is 13.6 Å². The first-order chi connectivity index (χ1) is 15.6. The van der Waals surface area contributed by atoms with Crippen molar-refractivity contribution in [1.29, 1.82) is 0 Å². The molecular formula is C24H17F2N3OS2. The number of nitrogens with zero attached hydrogens (tertiary/aromatic N) is 2. The number of amides is 1. The first-order valence-corrected chi connectivity index (χ1v) is 11.4. The van der Waals surface area contributed by atoms with E-state index >= 15 is 0 Å². The molecule has 0 spiro atoms. The fourth-order valence-electron chi connectivity index (χ4n) is 2.75. The second kappa shape index (κ2) is 10.4. The number of halogens is 2. The van der Waals surface area contributed by atoms with Crippen LogP contribution >= 0.6 is 23.5 Å². The minimum atomic E-state index is -0.530. The summed E-state index contributed by atoms with van der Waals surface area (Å²) in [7, 11) is 0. The van der Waals surface area contributed by atoms with Gasteiger partial charge in [0.15, 0.2) is 5.16 Å². The number of rotatable bonds is 7. The van der Waals surface area contributed by atoms with Gasteiger partial charge in [0.05, 0.1) is 10.6 Å². The van der Waals surface area contributed by atoms with E-state index in [0.29, 0.717) is 15.8 Å². The molecule has 0 aliphatic rings. The van der Waals surface area contributed by atoms with Gasteiger partial charge in [-0.3, -0.25) is 4.79 Å². The molecule has 8 heteroatoms. The molecular weight excluding hydrogens is 448 g/mol. The van der Waals surface area contributed by atoms with E-state index in [0.717, 1.165) is 10.5 Å². The highest BCUT2D eigenvalue weighted by Crippen LogP contribution is 2.31. The van der Waals surface area contributed by atoms with Gasteiger partial charge in [-0.2, -0.15) is 0 Å². The summed E-state index contributed by atoms with van der Waals surface area (Å²) in [5, 5.41) is 2.99. The second-order valence-corrected chi connectivity index (χ2v) is 8.69. The molecule has 1 amide bonds. The number of anilines is 1. The molecule has 0 atom stereocenters. The normalized spacial score (nSPS) is 10.7. The Bertz CT molecular complexity index is 1220. The molecule has 4 nitrogen and oxygen atoms in total. The third-order valence-corrected chi connectivity index (χ3v) is 6.28. The zero-order valence-electron chi connectivity index (χ0n) is 16.7. The number of carbonyl (C=O) groups excluding carboxylic acids is 1. The standard InChI is InChI=1S/C24H17F2N3OS2/c25-17-12-10-16(11-13-17)15-31-24-27-14-21(32-18-6-2-1-3-7-18)22(29-24)23(30)28-20-9-5-4-8-19(20)26/h1-14H,15H2,(H,28,30). The van der Waals surface area contributed by atoms with E-state index in [9.17, 15) is 13.6 Å². The van der Waals surface area contributed by atoms with Gasteiger partial charge in [-0.25, -0.2) is 18.7 Å². The Hall–Kier alpha value is -3.23. The number of para-hydroxylation sites is 1. The van der Waals surface area contributed by atoms with E-state index in [1.165, 1.54) is 47.8 Å². The third kappa shape index (κ3) is 5.72. The van der Waals surface area contributed by atoms with E-state index in [2.05, 4.69) is 15.3 Å². The highest BCUT2D eigenvalue weighted by atomic mass is 32.2. The van der Waals surface area contributed by atoms with Gasteiger partial charge in [-0.15, -0.1) is 0 Å². The Balaban J connectivity index is 1.60. The smallest absolute Gasteiger partial charge is 0.275 e. The molecule has 0 aliphatic carbocycles. The van der Waals surface area contributed by atoms with E-state index in [1.807, 2.05) is 30.3 Å². The monoisotopic (exact) mass is 465 g/mol. The number of thioether (sulfide) groups is 1. The summed E-state index contributed by atoms with van der Waals surface area (Å²) >= 11 is 2.68. The number of hydrogen-bond acceptors (Lipinski definition) is 5. The molecule has 4 rings (SSSR count). The summed E-state index contributed by atoms with van der Waals surface area (Å²) in [5.74, 6) is -0.846. The van der Waals surface area contributed by atoms with Gasteiger partial charge in [0.2, 0.25) is 0 Å². The predicted molar refractivity (Wildman–Crippen MR) is 123 cm³/mol. The molecule has 160 valence electrons. The van der Waals surface area contributed by atoms with Crippen LogP contribution in [0, 0.1) is 11.6 Å². The Morgan fingerprint density at radius 1 is 0.906 bits per heavy atom. The van der Waals surface area contributed by atoms with Crippen LogP contribution in [0.15, 0.2) is 100 Å². The third-order valence-electron chi connectivity index (χ3n) is 4.32. The van der Waals surface area contributed by atoms with Crippen molar-refractivity contribution in [1.82, 2.24) is 9.97 Å². The molecule has 1 N–H and O–H groups in total. The summed E-state index contributed by atoms with van der Waals surface area (Å²) in [6.07, 6.45) is 1.59. The lowest BCUT2D eigenvalue weighted by atomic mass is 10.2. The van der Waals surface area contributed by atoms with E-state index in [1.54, 1.807) is 30.5 Å². The predicted octanol–water partition coefficient (Wildman–Crippen LogP) is 6.45. The first-order valence-electron chi connectivity index (χ1n) is 9.61. The van der Waals surface area contributed by atoms with Gasteiger partial charge in [0.1, 0.15) is 17.3 Å². The van der Waals surface area contributed by atoms with Crippen molar-refractivity contribution in [3.63, 3.8) is 0 Å². The van der Waals surface area contributed by atoms with Gasteiger partial charge in [0, 0.05) is 16.8 Å². The molecule has 4 aromatic rings. The Labute approximate surface area is 192 Å². The van der Waals surface area contributed by atoms with E-state index in [4.69, 9.17) is 0 Å². The quantitative estimate of drug-likeness (QED) is 0.251. The molecule has 0 saturated heterocycles. The first kappa shape index (κ1) is 22.0. The van der Waals surface area contributed by atoms with Crippen LogP contribution in [0.5, 0.6) is 0 Å². The van der Waals surface area contributed by atoms with Crippen LogP contribution in [0.4, 0.5) is 14.5 Å². The highest BCUT2D eigenvalue weighted by Gasteiger charge is 2.18. The van der Waals surface area contributed by atoms with Crippen LogP contribution < -0.4 is 5.32 Å². The molecule has 0 aliphatic heterocycles. The second-order valence-electron chi connectivity index (χ2n) is 6.63. The number of nitrogens with one attached hydrogen (secondary N) is 1. The lowest BCUT2D eigenvalue weighted by Crippen LogP contribution is -2.16. The zero-order chi connectivity index (χ0) is 22.3. The van der Waals surface area contributed by atoms with E-state index in [-0.39, 0.29) is 17.2 Å². The maximum Gasteiger partial charge on any atom is 0.275 e. The van der Waals surface area contributed by atoms with Crippen LogP contribution in [0.3, 0.4) is 0 Å². The summed E-state index contributed by atoms with van der Waals surface area (Å²) in [4.78, 5) is 23.3. The van der Waals surface area contributed by atoms with E-state index < -0.39 is 11.7 Å². The topological polar surface area (TPSA) is 54.9 Å².